The largest absolute Gasteiger partial charge is 0.300 e. The standard InChI is InChI=1S/C12H21N3O2S/c1-2-12(9-13)18(16,17)14-10-5-7-15-6-3-4-11(15)8-10/h10-12,14H,2-8H2,1H3. The minimum Gasteiger partial charge on any atom is -0.300 e. The molecule has 2 fully saturated rings. The van der Waals surface area contributed by atoms with Crippen LogP contribution >= 0.6 is 0 Å². The van der Waals surface area contributed by atoms with Crippen LogP contribution in [-0.2, 0) is 10.0 Å². The lowest BCUT2D eigenvalue weighted by Gasteiger charge is -2.35. The van der Waals surface area contributed by atoms with Crippen molar-refractivity contribution in [1.82, 2.24) is 9.62 Å². The molecule has 6 heteroatoms. The molecule has 0 aromatic carbocycles. The van der Waals surface area contributed by atoms with Crippen molar-refractivity contribution in [1.29, 1.82) is 5.26 Å². The lowest BCUT2D eigenvalue weighted by molar-refractivity contribution is 0.176. The molecule has 3 atom stereocenters. The molecule has 0 spiro atoms. The maximum absolute atomic E-state index is 12.0. The summed E-state index contributed by atoms with van der Waals surface area (Å²) >= 11 is 0. The van der Waals surface area contributed by atoms with Crippen LogP contribution < -0.4 is 4.72 Å². The molecule has 102 valence electrons. The van der Waals surface area contributed by atoms with E-state index < -0.39 is 15.3 Å². The molecule has 0 amide bonds. The Labute approximate surface area is 109 Å². The normalized spacial score (nSPS) is 30.7. The van der Waals surface area contributed by atoms with E-state index in [0.717, 1.165) is 25.9 Å². The number of nitrogens with one attached hydrogen (secondary N) is 1. The number of rotatable bonds is 4. The fourth-order valence-corrected chi connectivity index (χ4v) is 4.45. The molecular formula is C12H21N3O2S. The van der Waals surface area contributed by atoms with Crippen LogP contribution in [0.15, 0.2) is 0 Å². The molecule has 0 aliphatic carbocycles. The summed E-state index contributed by atoms with van der Waals surface area (Å²) in [6.07, 6.45) is 4.49. The summed E-state index contributed by atoms with van der Waals surface area (Å²) in [6, 6.07) is 2.41. The zero-order valence-corrected chi connectivity index (χ0v) is 11.6. The van der Waals surface area contributed by atoms with Crippen LogP contribution in [0.2, 0.25) is 0 Å². The lowest BCUT2D eigenvalue weighted by Crippen LogP contribution is -2.49. The van der Waals surface area contributed by atoms with Crippen LogP contribution in [0.1, 0.15) is 39.0 Å². The first-order valence-corrected chi connectivity index (χ1v) is 8.26. The minimum absolute atomic E-state index is 0.0109. The van der Waals surface area contributed by atoms with Gasteiger partial charge in [0.2, 0.25) is 10.0 Å². The van der Waals surface area contributed by atoms with Gasteiger partial charge in [0.15, 0.2) is 5.25 Å². The number of hydrogen-bond acceptors (Lipinski definition) is 4. The molecule has 0 radical (unpaired) electrons. The van der Waals surface area contributed by atoms with Gasteiger partial charge in [-0.05, 0) is 45.2 Å². The predicted octanol–water partition coefficient (Wildman–Crippen LogP) is 0.835. The predicted molar refractivity (Wildman–Crippen MR) is 69.4 cm³/mol. The highest BCUT2D eigenvalue weighted by atomic mass is 32.2. The quantitative estimate of drug-likeness (QED) is 0.822. The first-order valence-electron chi connectivity index (χ1n) is 6.71. The summed E-state index contributed by atoms with van der Waals surface area (Å²) in [6.45, 7) is 3.85. The highest BCUT2D eigenvalue weighted by Crippen LogP contribution is 2.27. The number of fused-ring (bicyclic) bond motifs is 1. The van der Waals surface area contributed by atoms with E-state index in [1.54, 1.807) is 6.92 Å². The fraction of sp³-hybridized carbons (Fsp3) is 0.917. The molecule has 0 bridgehead atoms. The molecule has 0 saturated carbocycles. The molecule has 0 aromatic rings. The Hall–Kier alpha value is -0.640. The fourth-order valence-electron chi connectivity index (χ4n) is 3.03. The smallest absolute Gasteiger partial charge is 0.228 e. The number of nitriles is 1. The van der Waals surface area contributed by atoms with E-state index in [4.69, 9.17) is 5.26 Å². The molecular weight excluding hydrogens is 250 g/mol. The Morgan fingerprint density at radius 1 is 1.44 bits per heavy atom. The van der Waals surface area contributed by atoms with E-state index in [9.17, 15) is 8.42 Å². The molecule has 2 heterocycles. The van der Waals surface area contributed by atoms with Crippen molar-refractivity contribution < 1.29 is 8.42 Å². The Morgan fingerprint density at radius 3 is 2.89 bits per heavy atom. The maximum Gasteiger partial charge on any atom is 0.228 e. The van der Waals surface area contributed by atoms with Gasteiger partial charge in [0.1, 0.15) is 0 Å². The second-order valence-electron chi connectivity index (χ2n) is 5.24. The first kappa shape index (κ1) is 13.8. The third-order valence-electron chi connectivity index (χ3n) is 4.04. The Morgan fingerprint density at radius 2 is 2.22 bits per heavy atom. The van der Waals surface area contributed by atoms with E-state index >= 15 is 0 Å². The van der Waals surface area contributed by atoms with Crippen molar-refractivity contribution in [2.24, 2.45) is 0 Å². The van der Waals surface area contributed by atoms with Crippen LogP contribution in [0, 0.1) is 11.3 Å². The molecule has 0 aromatic heterocycles. The second-order valence-corrected chi connectivity index (χ2v) is 7.14. The van der Waals surface area contributed by atoms with Crippen molar-refractivity contribution in [3.63, 3.8) is 0 Å². The number of piperidine rings is 1. The van der Waals surface area contributed by atoms with Crippen LogP contribution in [0.3, 0.4) is 0 Å². The highest BCUT2D eigenvalue weighted by Gasteiger charge is 2.34. The van der Waals surface area contributed by atoms with E-state index in [1.807, 2.05) is 6.07 Å². The van der Waals surface area contributed by atoms with Gasteiger partial charge in [0, 0.05) is 12.1 Å². The van der Waals surface area contributed by atoms with Crippen LogP contribution in [0.25, 0.3) is 0 Å². The molecule has 2 aliphatic heterocycles. The van der Waals surface area contributed by atoms with E-state index in [2.05, 4.69) is 9.62 Å². The first-order chi connectivity index (χ1) is 8.56. The van der Waals surface area contributed by atoms with Gasteiger partial charge in [-0.15, -0.1) is 0 Å². The molecule has 5 nitrogen and oxygen atoms in total. The minimum atomic E-state index is -3.48. The van der Waals surface area contributed by atoms with E-state index in [0.29, 0.717) is 12.5 Å². The molecule has 1 N–H and O–H groups in total. The Kier molecular flexibility index (Phi) is 4.25. The van der Waals surface area contributed by atoms with Crippen molar-refractivity contribution in [2.75, 3.05) is 13.1 Å². The zero-order chi connectivity index (χ0) is 13.2. The average Bonchev–Trinajstić information content (AvgIpc) is 2.76. The van der Waals surface area contributed by atoms with Crippen molar-refractivity contribution in [3.05, 3.63) is 0 Å². The summed E-state index contributed by atoms with van der Waals surface area (Å²) in [7, 11) is -3.48. The highest BCUT2D eigenvalue weighted by molar-refractivity contribution is 7.90. The molecule has 2 saturated heterocycles. The van der Waals surface area contributed by atoms with Gasteiger partial charge in [-0.3, -0.25) is 0 Å². The monoisotopic (exact) mass is 271 g/mol. The van der Waals surface area contributed by atoms with Gasteiger partial charge in [0.25, 0.3) is 0 Å². The van der Waals surface area contributed by atoms with Crippen LogP contribution in [0.4, 0.5) is 0 Å². The van der Waals surface area contributed by atoms with Gasteiger partial charge in [0.05, 0.1) is 6.07 Å². The Bertz CT molecular complexity index is 429. The third-order valence-corrected chi connectivity index (χ3v) is 5.89. The molecule has 2 rings (SSSR count). The second kappa shape index (κ2) is 5.55. The van der Waals surface area contributed by atoms with Gasteiger partial charge in [-0.2, -0.15) is 5.26 Å². The van der Waals surface area contributed by atoms with Crippen LogP contribution in [-0.4, -0.2) is 43.7 Å². The lowest BCUT2D eigenvalue weighted by atomic mass is 9.99. The Balaban J connectivity index is 1.96. The van der Waals surface area contributed by atoms with Gasteiger partial charge < -0.3 is 4.90 Å². The van der Waals surface area contributed by atoms with E-state index in [1.165, 1.54) is 12.8 Å². The number of sulfonamides is 1. The third kappa shape index (κ3) is 2.85. The summed E-state index contributed by atoms with van der Waals surface area (Å²) in [5, 5.41) is 7.95. The van der Waals surface area contributed by atoms with Crippen LogP contribution in [0.5, 0.6) is 0 Å². The maximum atomic E-state index is 12.0. The van der Waals surface area contributed by atoms with Gasteiger partial charge in [-0.1, -0.05) is 6.92 Å². The summed E-state index contributed by atoms with van der Waals surface area (Å²) < 4.78 is 26.7. The van der Waals surface area contributed by atoms with Crippen molar-refractivity contribution in [3.8, 4) is 6.07 Å². The summed E-state index contributed by atoms with van der Waals surface area (Å²) in [5.74, 6) is 0. The molecule has 18 heavy (non-hydrogen) atoms. The summed E-state index contributed by atoms with van der Waals surface area (Å²) in [5.41, 5.74) is 0. The van der Waals surface area contributed by atoms with Gasteiger partial charge >= 0.3 is 0 Å². The SMILES string of the molecule is CCC(C#N)S(=O)(=O)NC1CCN2CCCC2C1. The van der Waals surface area contributed by atoms with Crippen molar-refractivity contribution >= 4 is 10.0 Å². The van der Waals surface area contributed by atoms with E-state index in [-0.39, 0.29) is 6.04 Å². The molecule has 3 unspecified atom stereocenters. The van der Waals surface area contributed by atoms with Crippen molar-refractivity contribution in [2.45, 2.75) is 56.4 Å². The molecule has 2 aliphatic rings. The summed E-state index contributed by atoms with van der Waals surface area (Å²) in [4.78, 5) is 2.45. The number of hydrogen-bond donors (Lipinski definition) is 1. The number of nitrogens with zero attached hydrogens (tertiary/aromatic N) is 2. The average molecular weight is 271 g/mol. The zero-order valence-electron chi connectivity index (χ0n) is 10.8. The van der Waals surface area contributed by atoms with Gasteiger partial charge in [-0.25, -0.2) is 13.1 Å². The topological polar surface area (TPSA) is 73.2 Å².